The van der Waals surface area contributed by atoms with E-state index in [1.165, 1.54) is 10.9 Å². The van der Waals surface area contributed by atoms with E-state index in [1.54, 1.807) is 26.0 Å². The minimum absolute atomic E-state index is 0.0325. The van der Waals surface area contributed by atoms with Crippen LogP contribution in [0.1, 0.15) is 30.7 Å². The van der Waals surface area contributed by atoms with Crippen LogP contribution in [0.3, 0.4) is 0 Å². The fraction of sp³-hybridized carbons (Fsp3) is 0.176. The summed E-state index contributed by atoms with van der Waals surface area (Å²) in [5, 5.41) is 13.3. The molecule has 0 bridgehead atoms. The van der Waals surface area contributed by atoms with Gasteiger partial charge in [-0.25, -0.2) is 4.68 Å². The molecule has 2 rings (SSSR count). The van der Waals surface area contributed by atoms with E-state index in [0.29, 0.717) is 16.2 Å². The zero-order chi connectivity index (χ0) is 19.6. The van der Waals surface area contributed by atoms with Crippen molar-refractivity contribution in [3.05, 3.63) is 62.4 Å². The quantitative estimate of drug-likeness (QED) is 0.524. The Morgan fingerprint density at radius 1 is 1.27 bits per heavy atom. The second-order valence-corrected chi connectivity index (χ2v) is 6.56. The van der Waals surface area contributed by atoms with Gasteiger partial charge in [0, 0.05) is 22.4 Å². The third kappa shape index (κ3) is 4.07. The second kappa shape index (κ2) is 7.75. The average molecular weight is 421 g/mol. The molecule has 0 N–H and O–H groups in total. The Labute approximate surface area is 162 Å². The molecule has 26 heavy (non-hydrogen) atoms. The lowest BCUT2D eigenvalue weighted by Crippen LogP contribution is -2.07. The van der Waals surface area contributed by atoms with Crippen molar-refractivity contribution < 1.29 is 13.2 Å². The zero-order valence-corrected chi connectivity index (χ0v) is 15.8. The molecule has 0 radical (unpaired) electrons. The molecular formula is C17H11Cl3F3N3. The van der Waals surface area contributed by atoms with E-state index in [4.69, 9.17) is 34.8 Å². The molecule has 0 aliphatic carbocycles. The van der Waals surface area contributed by atoms with Gasteiger partial charge in [0.25, 0.3) is 0 Å². The highest BCUT2D eigenvalue weighted by Gasteiger charge is 2.32. The number of halogens is 6. The van der Waals surface area contributed by atoms with Crippen molar-refractivity contribution in [1.29, 1.82) is 5.26 Å². The Balaban J connectivity index is 2.69. The molecule has 0 spiro atoms. The average Bonchev–Trinajstić information content (AvgIpc) is 2.94. The first-order valence-electron chi connectivity index (χ1n) is 7.16. The van der Waals surface area contributed by atoms with E-state index in [-0.39, 0.29) is 21.4 Å². The molecule has 1 aromatic carbocycles. The van der Waals surface area contributed by atoms with Crippen LogP contribution in [0.4, 0.5) is 13.2 Å². The third-order valence-corrected chi connectivity index (χ3v) is 4.17. The number of benzene rings is 1. The summed E-state index contributed by atoms with van der Waals surface area (Å²) in [5.41, 5.74) is 0.0535. The largest absolute Gasteiger partial charge is 0.416 e. The Morgan fingerprint density at radius 2 is 1.85 bits per heavy atom. The van der Waals surface area contributed by atoms with Crippen molar-refractivity contribution in [2.75, 3.05) is 0 Å². The summed E-state index contributed by atoms with van der Waals surface area (Å²) in [7, 11) is 0. The smallest absolute Gasteiger partial charge is 0.236 e. The van der Waals surface area contributed by atoms with Gasteiger partial charge in [0.15, 0.2) is 5.69 Å². The Morgan fingerprint density at radius 3 is 2.27 bits per heavy atom. The normalized spacial score (nSPS) is 13.0. The van der Waals surface area contributed by atoms with E-state index in [9.17, 15) is 18.4 Å². The van der Waals surface area contributed by atoms with Crippen molar-refractivity contribution in [2.24, 2.45) is 0 Å². The fourth-order valence-corrected chi connectivity index (χ4v) is 3.10. The summed E-state index contributed by atoms with van der Waals surface area (Å²) in [5.74, 6) is 0. The number of aromatic nitrogens is 2. The van der Waals surface area contributed by atoms with Gasteiger partial charge >= 0.3 is 6.18 Å². The fourth-order valence-electron chi connectivity index (χ4n) is 2.27. The van der Waals surface area contributed by atoms with Crippen LogP contribution in [-0.2, 0) is 6.18 Å². The van der Waals surface area contributed by atoms with Gasteiger partial charge in [0.1, 0.15) is 11.8 Å². The summed E-state index contributed by atoms with van der Waals surface area (Å²) in [6, 6.07) is 3.44. The van der Waals surface area contributed by atoms with E-state index < -0.39 is 11.7 Å². The van der Waals surface area contributed by atoms with E-state index in [1.807, 2.05) is 6.07 Å². The predicted octanol–water partition coefficient (Wildman–Crippen LogP) is 6.62. The third-order valence-electron chi connectivity index (χ3n) is 3.39. The van der Waals surface area contributed by atoms with Crippen molar-refractivity contribution in [3.8, 4) is 11.8 Å². The van der Waals surface area contributed by atoms with Gasteiger partial charge in [0.05, 0.1) is 15.6 Å². The molecule has 0 saturated carbocycles. The Bertz CT molecular complexity index is 923. The molecule has 9 heteroatoms. The van der Waals surface area contributed by atoms with E-state index in [2.05, 4.69) is 5.10 Å². The molecule has 0 fully saturated rings. The standard InChI is InChI=1S/C17H11Cl3F3N3/c1-3-4-11(9(2)18)12-8-26(25-15(12)7-24)16-13(19)5-10(6-14(16)20)17(21,22)23/h3-6,8H,1-2H3/b4-3-,11-9-. The first-order chi connectivity index (χ1) is 12.1. The highest BCUT2D eigenvalue weighted by molar-refractivity contribution is 6.38. The van der Waals surface area contributed by atoms with Gasteiger partial charge in [-0.3, -0.25) is 0 Å². The topological polar surface area (TPSA) is 41.6 Å². The number of nitrogens with zero attached hydrogens (tertiary/aromatic N) is 3. The molecule has 0 aliphatic heterocycles. The van der Waals surface area contributed by atoms with Crippen LogP contribution in [0.5, 0.6) is 0 Å². The molecule has 0 aliphatic rings. The molecule has 0 amide bonds. The van der Waals surface area contributed by atoms with Gasteiger partial charge in [-0.1, -0.05) is 47.0 Å². The minimum atomic E-state index is -4.59. The van der Waals surface area contributed by atoms with Crippen LogP contribution in [0, 0.1) is 11.3 Å². The molecular weight excluding hydrogens is 410 g/mol. The van der Waals surface area contributed by atoms with Crippen LogP contribution < -0.4 is 0 Å². The lowest BCUT2D eigenvalue weighted by Gasteiger charge is -2.12. The molecule has 0 saturated heterocycles. The SMILES string of the molecule is C/C=C\C(=C(/C)Cl)c1cn(-c2c(Cl)cc(C(F)(F)F)cc2Cl)nc1C#N. The van der Waals surface area contributed by atoms with E-state index in [0.717, 1.165) is 12.1 Å². The van der Waals surface area contributed by atoms with Crippen molar-refractivity contribution in [2.45, 2.75) is 20.0 Å². The van der Waals surface area contributed by atoms with Gasteiger partial charge in [0.2, 0.25) is 0 Å². The molecule has 0 atom stereocenters. The number of alkyl halides is 3. The van der Waals surface area contributed by atoms with Crippen molar-refractivity contribution >= 4 is 40.4 Å². The molecule has 0 unspecified atom stereocenters. The lowest BCUT2D eigenvalue weighted by atomic mass is 10.1. The monoisotopic (exact) mass is 419 g/mol. The number of allylic oxidation sites excluding steroid dienone is 4. The maximum absolute atomic E-state index is 12.9. The first kappa shape index (κ1) is 20.4. The highest BCUT2D eigenvalue weighted by atomic mass is 35.5. The molecule has 1 heterocycles. The Kier molecular flexibility index (Phi) is 6.07. The van der Waals surface area contributed by atoms with Gasteiger partial charge in [-0.05, 0) is 26.0 Å². The maximum atomic E-state index is 12.9. The summed E-state index contributed by atoms with van der Waals surface area (Å²) < 4.78 is 39.8. The van der Waals surface area contributed by atoms with Gasteiger partial charge in [-0.2, -0.15) is 23.5 Å². The highest BCUT2D eigenvalue weighted by Crippen LogP contribution is 2.38. The van der Waals surface area contributed by atoms with Crippen LogP contribution in [0.15, 0.2) is 35.5 Å². The summed E-state index contributed by atoms with van der Waals surface area (Å²) in [6.45, 7) is 3.42. The predicted molar refractivity (Wildman–Crippen MR) is 96.6 cm³/mol. The second-order valence-electron chi connectivity index (χ2n) is 5.18. The molecule has 136 valence electrons. The van der Waals surface area contributed by atoms with Crippen LogP contribution >= 0.6 is 34.8 Å². The zero-order valence-electron chi connectivity index (χ0n) is 13.5. The van der Waals surface area contributed by atoms with Gasteiger partial charge in [-0.15, -0.1) is 0 Å². The molecule has 1 aromatic heterocycles. The summed E-state index contributed by atoms with van der Waals surface area (Å²) in [6.07, 6.45) is 0.287. The van der Waals surface area contributed by atoms with Crippen LogP contribution in [0.25, 0.3) is 11.3 Å². The number of hydrogen-bond acceptors (Lipinski definition) is 2. The lowest BCUT2D eigenvalue weighted by molar-refractivity contribution is -0.137. The van der Waals surface area contributed by atoms with Crippen LogP contribution in [-0.4, -0.2) is 9.78 Å². The van der Waals surface area contributed by atoms with Crippen LogP contribution in [0.2, 0.25) is 10.0 Å². The minimum Gasteiger partial charge on any atom is -0.236 e. The number of rotatable bonds is 3. The number of hydrogen-bond donors (Lipinski definition) is 0. The number of nitriles is 1. The summed E-state index contributed by atoms with van der Waals surface area (Å²) in [4.78, 5) is 0. The van der Waals surface area contributed by atoms with Crippen molar-refractivity contribution in [1.82, 2.24) is 9.78 Å². The summed E-state index contributed by atoms with van der Waals surface area (Å²) >= 11 is 18.1. The maximum Gasteiger partial charge on any atom is 0.416 e. The first-order valence-corrected chi connectivity index (χ1v) is 8.29. The van der Waals surface area contributed by atoms with Gasteiger partial charge < -0.3 is 0 Å². The Hall–Kier alpha value is -1.94. The van der Waals surface area contributed by atoms with Crippen molar-refractivity contribution in [3.63, 3.8) is 0 Å². The van der Waals surface area contributed by atoms with E-state index >= 15 is 0 Å². The molecule has 2 aromatic rings. The molecule has 3 nitrogen and oxygen atoms in total.